The lowest BCUT2D eigenvalue weighted by Gasteiger charge is -2.04. The first-order valence-electron chi connectivity index (χ1n) is 2.59. The molecule has 0 saturated heterocycles. The molecule has 0 amide bonds. The Morgan fingerprint density at radius 1 is 1.89 bits per heavy atom. The molecule has 4 heteroatoms. The number of carboxylic acid groups (broad SMARTS) is 1. The van der Waals surface area contributed by atoms with E-state index < -0.39 is 18.7 Å². The van der Waals surface area contributed by atoms with Gasteiger partial charge in [-0.1, -0.05) is 0 Å². The van der Waals surface area contributed by atoms with Crippen molar-refractivity contribution in [1.29, 1.82) is 0 Å². The van der Waals surface area contributed by atoms with Crippen LogP contribution in [-0.4, -0.2) is 30.5 Å². The number of ether oxygens (including phenoxy) is 1. The highest BCUT2D eigenvalue weighted by Gasteiger charge is 2.09. The number of rotatable bonds is 4. The van der Waals surface area contributed by atoms with Crippen molar-refractivity contribution in [3.05, 3.63) is 0 Å². The normalized spacial score (nSPS) is 13.1. The summed E-state index contributed by atoms with van der Waals surface area (Å²) >= 11 is 0. The zero-order valence-corrected chi connectivity index (χ0v) is 5.13. The van der Waals surface area contributed by atoms with Gasteiger partial charge in [0.2, 0.25) is 0 Å². The lowest BCUT2D eigenvalue weighted by molar-refractivity contribution is -0.149. The van der Waals surface area contributed by atoms with Crippen molar-refractivity contribution in [2.45, 2.75) is 13.0 Å². The Bertz CT molecular complexity index is 94.2. The maximum atomic E-state index is 11.3. The average Bonchev–Trinajstić information content (AvgIpc) is 1.82. The van der Waals surface area contributed by atoms with Crippen LogP contribution in [0.1, 0.15) is 6.92 Å². The summed E-state index contributed by atoms with van der Waals surface area (Å²) in [5, 5.41) is 8.16. The smallest absolute Gasteiger partial charge is 0.332 e. The molecule has 0 bridgehead atoms. The SMILES string of the molecule is CC(OCCF)C(=O)O. The van der Waals surface area contributed by atoms with Crippen molar-refractivity contribution in [3.63, 3.8) is 0 Å². The van der Waals surface area contributed by atoms with Gasteiger partial charge in [0.25, 0.3) is 0 Å². The lowest BCUT2D eigenvalue weighted by Crippen LogP contribution is -2.20. The fraction of sp³-hybridized carbons (Fsp3) is 0.800. The van der Waals surface area contributed by atoms with Crippen molar-refractivity contribution in [2.24, 2.45) is 0 Å². The summed E-state index contributed by atoms with van der Waals surface area (Å²) in [6, 6.07) is 0. The zero-order chi connectivity index (χ0) is 7.28. The second kappa shape index (κ2) is 4.26. The van der Waals surface area contributed by atoms with Crippen LogP contribution in [-0.2, 0) is 9.53 Å². The third kappa shape index (κ3) is 3.90. The van der Waals surface area contributed by atoms with Gasteiger partial charge in [0.15, 0.2) is 6.10 Å². The molecule has 0 aromatic carbocycles. The van der Waals surface area contributed by atoms with Gasteiger partial charge in [-0.3, -0.25) is 0 Å². The van der Waals surface area contributed by atoms with E-state index in [0.717, 1.165) is 0 Å². The summed E-state index contributed by atoms with van der Waals surface area (Å²) in [5.41, 5.74) is 0. The highest BCUT2D eigenvalue weighted by atomic mass is 19.1. The molecule has 0 fully saturated rings. The van der Waals surface area contributed by atoms with Crippen LogP contribution in [0.15, 0.2) is 0 Å². The van der Waals surface area contributed by atoms with Gasteiger partial charge < -0.3 is 9.84 Å². The molecule has 0 aliphatic rings. The number of carboxylic acids is 1. The third-order valence-corrected chi connectivity index (χ3v) is 0.793. The second-order valence-corrected chi connectivity index (χ2v) is 1.54. The first kappa shape index (κ1) is 8.36. The molecule has 0 heterocycles. The molecular formula is C5H9FO3. The zero-order valence-electron chi connectivity index (χ0n) is 5.13. The third-order valence-electron chi connectivity index (χ3n) is 0.793. The predicted molar refractivity (Wildman–Crippen MR) is 29.0 cm³/mol. The minimum atomic E-state index is -1.07. The number of halogens is 1. The maximum Gasteiger partial charge on any atom is 0.332 e. The van der Waals surface area contributed by atoms with Crippen LogP contribution in [0, 0.1) is 0 Å². The maximum absolute atomic E-state index is 11.3. The first-order chi connectivity index (χ1) is 4.18. The molecule has 1 N–H and O–H groups in total. The summed E-state index contributed by atoms with van der Waals surface area (Å²) in [6.45, 7) is 0.572. The Kier molecular flexibility index (Phi) is 3.96. The summed E-state index contributed by atoms with van der Waals surface area (Å²) in [7, 11) is 0. The Balaban J connectivity index is 3.27. The summed E-state index contributed by atoms with van der Waals surface area (Å²) in [6.07, 6.45) is -0.902. The standard InChI is InChI=1S/C5H9FO3/c1-4(5(7)8)9-3-2-6/h4H,2-3H2,1H3,(H,7,8). The van der Waals surface area contributed by atoms with Gasteiger partial charge in [0, 0.05) is 0 Å². The lowest BCUT2D eigenvalue weighted by atomic mass is 10.4. The van der Waals surface area contributed by atoms with Crippen LogP contribution in [0.5, 0.6) is 0 Å². The molecule has 0 radical (unpaired) electrons. The highest BCUT2D eigenvalue weighted by Crippen LogP contribution is 1.88. The number of hydrogen-bond donors (Lipinski definition) is 1. The molecule has 0 aromatic rings. The van der Waals surface area contributed by atoms with Crippen LogP contribution < -0.4 is 0 Å². The van der Waals surface area contributed by atoms with Crippen LogP contribution in [0.25, 0.3) is 0 Å². The van der Waals surface area contributed by atoms with E-state index in [4.69, 9.17) is 5.11 Å². The van der Waals surface area contributed by atoms with Crippen molar-refractivity contribution in [3.8, 4) is 0 Å². The Hall–Kier alpha value is -0.640. The van der Waals surface area contributed by atoms with Gasteiger partial charge in [-0.15, -0.1) is 0 Å². The molecule has 9 heavy (non-hydrogen) atoms. The molecule has 0 spiro atoms. The average molecular weight is 136 g/mol. The van der Waals surface area contributed by atoms with Crippen LogP contribution in [0.4, 0.5) is 4.39 Å². The van der Waals surface area contributed by atoms with E-state index in [-0.39, 0.29) is 6.61 Å². The summed E-state index contributed by atoms with van der Waals surface area (Å²) < 4.78 is 15.8. The largest absolute Gasteiger partial charge is 0.479 e. The molecule has 1 unspecified atom stereocenters. The van der Waals surface area contributed by atoms with E-state index in [1.807, 2.05) is 0 Å². The van der Waals surface area contributed by atoms with E-state index in [0.29, 0.717) is 0 Å². The molecule has 3 nitrogen and oxygen atoms in total. The van der Waals surface area contributed by atoms with Gasteiger partial charge in [-0.2, -0.15) is 0 Å². The van der Waals surface area contributed by atoms with E-state index in [9.17, 15) is 9.18 Å². The Morgan fingerprint density at radius 3 is 2.78 bits per heavy atom. The molecule has 1 atom stereocenters. The first-order valence-corrected chi connectivity index (χ1v) is 2.59. The molecule has 0 rings (SSSR count). The summed E-state index contributed by atoms with van der Waals surface area (Å²) in [4.78, 5) is 9.96. The van der Waals surface area contributed by atoms with E-state index >= 15 is 0 Å². The highest BCUT2D eigenvalue weighted by molar-refractivity contribution is 5.71. The summed E-state index contributed by atoms with van der Waals surface area (Å²) in [5.74, 6) is -1.07. The van der Waals surface area contributed by atoms with E-state index in [1.54, 1.807) is 0 Å². The van der Waals surface area contributed by atoms with Crippen LogP contribution in [0.2, 0.25) is 0 Å². The van der Waals surface area contributed by atoms with E-state index in [1.165, 1.54) is 6.92 Å². The van der Waals surface area contributed by atoms with Crippen LogP contribution in [0.3, 0.4) is 0 Å². The minimum absolute atomic E-state index is 0.145. The topological polar surface area (TPSA) is 46.5 Å². The monoisotopic (exact) mass is 136 g/mol. The number of aliphatic carboxylic acids is 1. The molecule has 0 aliphatic heterocycles. The fourth-order valence-corrected chi connectivity index (χ4v) is 0.293. The van der Waals surface area contributed by atoms with Crippen molar-refractivity contribution >= 4 is 5.97 Å². The molecule has 0 aliphatic carbocycles. The molecule has 0 aromatic heterocycles. The van der Waals surface area contributed by atoms with Crippen molar-refractivity contribution in [1.82, 2.24) is 0 Å². The Labute approximate surface area is 52.4 Å². The predicted octanol–water partition coefficient (Wildman–Crippen LogP) is 0.446. The minimum Gasteiger partial charge on any atom is -0.479 e. The van der Waals surface area contributed by atoms with Gasteiger partial charge in [0.05, 0.1) is 6.61 Å². The van der Waals surface area contributed by atoms with Crippen LogP contribution >= 0.6 is 0 Å². The number of alkyl halides is 1. The molecular weight excluding hydrogens is 127 g/mol. The fourth-order valence-electron chi connectivity index (χ4n) is 0.293. The quantitative estimate of drug-likeness (QED) is 0.610. The van der Waals surface area contributed by atoms with Gasteiger partial charge in [-0.05, 0) is 6.92 Å². The number of hydrogen-bond acceptors (Lipinski definition) is 2. The van der Waals surface area contributed by atoms with Gasteiger partial charge in [-0.25, -0.2) is 9.18 Å². The van der Waals surface area contributed by atoms with Crippen molar-refractivity contribution in [2.75, 3.05) is 13.3 Å². The van der Waals surface area contributed by atoms with Gasteiger partial charge >= 0.3 is 5.97 Å². The van der Waals surface area contributed by atoms with E-state index in [2.05, 4.69) is 4.74 Å². The molecule has 0 saturated carbocycles. The Morgan fingerprint density at radius 2 is 2.44 bits per heavy atom. The molecule has 54 valence electrons. The van der Waals surface area contributed by atoms with Crippen molar-refractivity contribution < 1.29 is 19.0 Å². The van der Waals surface area contributed by atoms with Gasteiger partial charge in [0.1, 0.15) is 6.67 Å². The second-order valence-electron chi connectivity index (χ2n) is 1.54. The number of carbonyl (C=O) groups is 1.